The van der Waals surface area contributed by atoms with Gasteiger partial charge in [0, 0.05) is 22.2 Å². The highest BCUT2D eigenvalue weighted by molar-refractivity contribution is 8.01. The average Bonchev–Trinajstić information content (AvgIpc) is 2.94. The zero-order chi connectivity index (χ0) is 10.0. The van der Waals surface area contributed by atoms with Crippen molar-refractivity contribution in [3.8, 4) is 0 Å². The summed E-state index contributed by atoms with van der Waals surface area (Å²) in [5, 5.41) is 9.09. The number of aliphatic hydroxyl groups excluding tert-OH is 1. The summed E-state index contributed by atoms with van der Waals surface area (Å²) in [6.45, 7) is 4.13. The molecule has 1 aromatic carbocycles. The molecule has 1 saturated carbocycles. The molecule has 0 bridgehead atoms. The van der Waals surface area contributed by atoms with E-state index in [-0.39, 0.29) is 11.4 Å². The van der Waals surface area contributed by atoms with Gasteiger partial charge in [0.25, 0.3) is 0 Å². The molecule has 0 aliphatic heterocycles. The van der Waals surface area contributed by atoms with Gasteiger partial charge in [-0.15, -0.1) is 18.3 Å². The third kappa shape index (κ3) is 1.72. The number of thioether (sulfide) groups is 1. The molecule has 0 radical (unpaired) electrons. The van der Waals surface area contributed by atoms with Crippen molar-refractivity contribution in [2.75, 3.05) is 6.61 Å². The van der Waals surface area contributed by atoms with Gasteiger partial charge in [0.1, 0.15) is 0 Å². The van der Waals surface area contributed by atoms with Crippen LogP contribution in [0.25, 0.3) is 0 Å². The zero-order valence-corrected chi connectivity index (χ0v) is 8.83. The maximum absolute atomic E-state index is 9.09. The molecule has 1 nitrogen and oxygen atoms in total. The topological polar surface area (TPSA) is 20.2 Å². The van der Waals surface area contributed by atoms with Crippen molar-refractivity contribution in [1.29, 1.82) is 0 Å². The lowest BCUT2D eigenvalue weighted by molar-refractivity contribution is 0.274. The molecule has 0 spiro atoms. The fraction of sp³-hybridized carbons (Fsp3) is 0.333. The second-order valence-electron chi connectivity index (χ2n) is 3.66. The Bertz CT molecular complexity index is 322. The van der Waals surface area contributed by atoms with E-state index >= 15 is 0 Å². The molecular formula is C12H14OS. The lowest BCUT2D eigenvalue weighted by Gasteiger charge is -2.10. The highest BCUT2D eigenvalue weighted by atomic mass is 32.2. The van der Waals surface area contributed by atoms with Gasteiger partial charge < -0.3 is 5.11 Å². The monoisotopic (exact) mass is 206 g/mol. The summed E-state index contributed by atoms with van der Waals surface area (Å²) in [5.41, 5.74) is 0. The Morgan fingerprint density at radius 3 is 2.71 bits per heavy atom. The van der Waals surface area contributed by atoms with E-state index in [1.165, 1.54) is 4.90 Å². The van der Waals surface area contributed by atoms with Crippen LogP contribution in [0.1, 0.15) is 6.42 Å². The van der Waals surface area contributed by atoms with Gasteiger partial charge in [0.05, 0.1) is 0 Å². The first-order valence-corrected chi connectivity index (χ1v) is 5.61. The van der Waals surface area contributed by atoms with Crippen LogP contribution in [0.5, 0.6) is 0 Å². The zero-order valence-electron chi connectivity index (χ0n) is 8.02. The Morgan fingerprint density at radius 1 is 1.50 bits per heavy atom. The standard InChI is InChI=1S/C12H14OS/c1-2-12(8-10(12)9-13)14-11-6-4-3-5-7-11/h2-7,10,13H,1,8-9H2. The summed E-state index contributed by atoms with van der Waals surface area (Å²) in [6.07, 6.45) is 3.03. The SMILES string of the molecule is C=CC1(Sc2ccccc2)CC1CO. The molecule has 2 unspecified atom stereocenters. The minimum atomic E-state index is 0.0934. The van der Waals surface area contributed by atoms with Crippen LogP contribution < -0.4 is 0 Å². The Balaban J connectivity index is 2.08. The predicted molar refractivity (Wildman–Crippen MR) is 60.4 cm³/mol. The van der Waals surface area contributed by atoms with Crippen LogP contribution in [-0.4, -0.2) is 16.5 Å². The number of rotatable bonds is 4. The molecule has 0 amide bonds. The van der Waals surface area contributed by atoms with E-state index < -0.39 is 0 Å². The number of benzene rings is 1. The van der Waals surface area contributed by atoms with Gasteiger partial charge in [-0.1, -0.05) is 24.3 Å². The molecule has 74 valence electrons. The van der Waals surface area contributed by atoms with Crippen LogP contribution in [-0.2, 0) is 0 Å². The summed E-state index contributed by atoms with van der Waals surface area (Å²) in [4.78, 5) is 1.25. The summed E-state index contributed by atoms with van der Waals surface area (Å²) < 4.78 is 0.0934. The Labute approximate surface area is 88.8 Å². The maximum atomic E-state index is 9.09. The second kappa shape index (κ2) is 3.79. The lowest BCUT2D eigenvalue weighted by Crippen LogP contribution is -2.04. The normalized spacial score (nSPS) is 29.9. The quantitative estimate of drug-likeness (QED) is 0.764. The van der Waals surface area contributed by atoms with Crippen molar-refractivity contribution in [2.45, 2.75) is 16.1 Å². The van der Waals surface area contributed by atoms with Gasteiger partial charge in [0.2, 0.25) is 0 Å². The van der Waals surface area contributed by atoms with Crippen LogP contribution in [0.2, 0.25) is 0 Å². The first-order valence-electron chi connectivity index (χ1n) is 4.79. The Kier molecular flexibility index (Phi) is 2.66. The van der Waals surface area contributed by atoms with E-state index in [4.69, 9.17) is 5.11 Å². The molecular weight excluding hydrogens is 192 g/mol. The van der Waals surface area contributed by atoms with E-state index in [1.807, 2.05) is 36.0 Å². The highest BCUT2D eigenvalue weighted by Gasteiger charge is 2.52. The van der Waals surface area contributed by atoms with E-state index in [2.05, 4.69) is 18.7 Å². The molecule has 14 heavy (non-hydrogen) atoms. The molecule has 2 atom stereocenters. The fourth-order valence-corrected chi connectivity index (χ4v) is 3.01. The third-order valence-electron chi connectivity index (χ3n) is 2.71. The maximum Gasteiger partial charge on any atom is 0.0476 e. The van der Waals surface area contributed by atoms with E-state index in [0.29, 0.717) is 5.92 Å². The highest BCUT2D eigenvalue weighted by Crippen LogP contribution is 2.57. The van der Waals surface area contributed by atoms with E-state index in [1.54, 1.807) is 0 Å². The molecule has 1 aromatic rings. The average molecular weight is 206 g/mol. The number of aliphatic hydroxyl groups is 1. The summed E-state index contributed by atoms with van der Waals surface area (Å²) in [5.74, 6) is 0.394. The van der Waals surface area contributed by atoms with Crippen molar-refractivity contribution >= 4 is 11.8 Å². The molecule has 0 aromatic heterocycles. The molecule has 1 aliphatic rings. The van der Waals surface area contributed by atoms with Crippen LogP contribution >= 0.6 is 11.8 Å². The van der Waals surface area contributed by atoms with E-state index in [0.717, 1.165) is 6.42 Å². The van der Waals surface area contributed by atoms with Crippen LogP contribution in [0, 0.1) is 5.92 Å². The predicted octanol–water partition coefficient (Wildman–Crippen LogP) is 2.72. The summed E-state index contributed by atoms with van der Waals surface area (Å²) in [7, 11) is 0. The van der Waals surface area contributed by atoms with Crippen molar-refractivity contribution in [2.24, 2.45) is 5.92 Å². The number of hydrogen-bond donors (Lipinski definition) is 1. The molecule has 2 heteroatoms. The molecule has 2 rings (SSSR count). The van der Waals surface area contributed by atoms with Gasteiger partial charge in [0.15, 0.2) is 0 Å². The van der Waals surface area contributed by atoms with Gasteiger partial charge in [-0.25, -0.2) is 0 Å². The minimum absolute atomic E-state index is 0.0934. The van der Waals surface area contributed by atoms with Crippen LogP contribution in [0.3, 0.4) is 0 Å². The van der Waals surface area contributed by atoms with Gasteiger partial charge in [-0.3, -0.25) is 0 Å². The first kappa shape index (κ1) is 9.81. The summed E-state index contributed by atoms with van der Waals surface area (Å²) >= 11 is 1.81. The first-order chi connectivity index (χ1) is 6.80. The molecule has 1 fully saturated rings. The third-order valence-corrected chi connectivity index (χ3v) is 4.27. The largest absolute Gasteiger partial charge is 0.396 e. The smallest absolute Gasteiger partial charge is 0.0476 e. The van der Waals surface area contributed by atoms with Gasteiger partial charge in [-0.05, 0) is 18.6 Å². The van der Waals surface area contributed by atoms with Crippen molar-refractivity contribution in [3.05, 3.63) is 43.0 Å². The van der Waals surface area contributed by atoms with Crippen LogP contribution in [0.4, 0.5) is 0 Å². The fourth-order valence-electron chi connectivity index (χ4n) is 1.67. The van der Waals surface area contributed by atoms with E-state index in [9.17, 15) is 0 Å². The van der Waals surface area contributed by atoms with Crippen LogP contribution in [0.15, 0.2) is 47.9 Å². The van der Waals surface area contributed by atoms with Crippen molar-refractivity contribution in [1.82, 2.24) is 0 Å². The molecule has 0 heterocycles. The summed E-state index contributed by atoms with van der Waals surface area (Å²) in [6, 6.07) is 10.3. The number of hydrogen-bond acceptors (Lipinski definition) is 2. The lowest BCUT2D eigenvalue weighted by atomic mass is 10.3. The second-order valence-corrected chi connectivity index (χ2v) is 5.09. The Hall–Kier alpha value is -0.730. The Morgan fingerprint density at radius 2 is 2.21 bits per heavy atom. The minimum Gasteiger partial charge on any atom is -0.396 e. The van der Waals surface area contributed by atoms with Crippen molar-refractivity contribution in [3.63, 3.8) is 0 Å². The molecule has 0 saturated heterocycles. The molecule has 1 N–H and O–H groups in total. The van der Waals surface area contributed by atoms with Gasteiger partial charge in [-0.2, -0.15) is 0 Å². The van der Waals surface area contributed by atoms with Crippen molar-refractivity contribution < 1.29 is 5.11 Å². The van der Waals surface area contributed by atoms with Gasteiger partial charge >= 0.3 is 0 Å². The molecule has 1 aliphatic carbocycles.